The Bertz CT molecular complexity index is 252. The molecule has 3 unspecified atom stereocenters. The quantitative estimate of drug-likeness (QED) is 0.750. The number of aliphatic hydroxyl groups excluding tert-OH is 1. The predicted octanol–water partition coefficient (Wildman–Crippen LogP) is 0.975. The highest BCUT2D eigenvalue weighted by atomic mass is 16.3. The summed E-state index contributed by atoms with van der Waals surface area (Å²) in [6.45, 7) is 3.97. The van der Waals surface area contributed by atoms with E-state index in [0.29, 0.717) is 18.6 Å². The van der Waals surface area contributed by atoms with Crippen molar-refractivity contribution in [1.82, 2.24) is 10.2 Å². The van der Waals surface area contributed by atoms with Gasteiger partial charge in [0.05, 0.1) is 6.61 Å². The maximum atomic E-state index is 9.84. The molecule has 92 valence electrons. The first-order valence-corrected chi connectivity index (χ1v) is 6.93. The van der Waals surface area contributed by atoms with Crippen LogP contribution in [0.3, 0.4) is 0 Å². The van der Waals surface area contributed by atoms with Crippen LogP contribution in [0.15, 0.2) is 0 Å². The molecule has 2 saturated heterocycles. The summed E-state index contributed by atoms with van der Waals surface area (Å²) < 4.78 is 0. The Balaban J connectivity index is 1.71. The molecule has 0 aromatic carbocycles. The van der Waals surface area contributed by atoms with Crippen LogP contribution < -0.4 is 5.32 Å². The number of aliphatic hydroxyl groups is 1. The first kappa shape index (κ1) is 11.0. The maximum absolute atomic E-state index is 9.84. The van der Waals surface area contributed by atoms with E-state index in [-0.39, 0.29) is 5.54 Å². The van der Waals surface area contributed by atoms with Crippen molar-refractivity contribution in [2.45, 2.75) is 50.1 Å². The molecule has 3 rings (SSSR count). The Morgan fingerprint density at radius 1 is 1.19 bits per heavy atom. The van der Waals surface area contributed by atoms with Gasteiger partial charge in [0.25, 0.3) is 0 Å². The monoisotopic (exact) mass is 224 g/mol. The van der Waals surface area contributed by atoms with Crippen LogP contribution in [-0.2, 0) is 0 Å². The Hall–Kier alpha value is -0.120. The second-order valence-electron chi connectivity index (χ2n) is 5.98. The van der Waals surface area contributed by atoms with Crippen molar-refractivity contribution in [3.05, 3.63) is 0 Å². The maximum Gasteiger partial charge on any atom is 0.0617 e. The third-order valence-corrected chi connectivity index (χ3v) is 5.06. The molecule has 3 heteroatoms. The normalized spacial score (nSPS) is 44.1. The molecule has 16 heavy (non-hydrogen) atoms. The summed E-state index contributed by atoms with van der Waals surface area (Å²) in [7, 11) is 0. The number of piperidine rings is 1. The minimum atomic E-state index is 0.0575. The molecule has 2 aliphatic heterocycles. The van der Waals surface area contributed by atoms with Crippen LogP contribution in [0.4, 0.5) is 0 Å². The molecule has 1 aliphatic carbocycles. The Morgan fingerprint density at radius 2 is 2.00 bits per heavy atom. The molecule has 2 bridgehead atoms. The molecule has 0 radical (unpaired) electrons. The highest BCUT2D eigenvalue weighted by Gasteiger charge is 2.46. The zero-order chi connectivity index (χ0) is 11.0. The van der Waals surface area contributed by atoms with Gasteiger partial charge in [-0.3, -0.25) is 0 Å². The highest BCUT2D eigenvalue weighted by Crippen LogP contribution is 2.36. The van der Waals surface area contributed by atoms with E-state index < -0.39 is 0 Å². The number of fused-ring (bicyclic) bond motifs is 2. The number of rotatable bonds is 3. The minimum Gasteiger partial charge on any atom is -0.394 e. The molecule has 3 fully saturated rings. The summed E-state index contributed by atoms with van der Waals surface area (Å²) in [6, 6.07) is 0.680. The summed E-state index contributed by atoms with van der Waals surface area (Å²) in [5.74, 6) is 0.687. The van der Waals surface area contributed by atoms with Gasteiger partial charge in [0, 0.05) is 18.1 Å². The molecule has 0 spiro atoms. The highest BCUT2D eigenvalue weighted by molar-refractivity contribution is 5.04. The summed E-state index contributed by atoms with van der Waals surface area (Å²) in [4.78, 5) is 2.55. The topological polar surface area (TPSA) is 35.5 Å². The summed E-state index contributed by atoms with van der Waals surface area (Å²) in [5.41, 5.74) is 0.0575. The van der Waals surface area contributed by atoms with E-state index in [1.807, 2.05) is 0 Å². The SMILES string of the molecule is OCC1(NC2CCCC2)CCN2CCC1C2. The first-order valence-electron chi connectivity index (χ1n) is 6.93. The van der Waals surface area contributed by atoms with Crippen LogP contribution >= 0.6 is 0 Å². The van der Waals surface area contributed by atoms with Gasteiger partial charge in [-0.1, -0.05) is 12.8 Å². The summed E-state index contributed by atoms with van der Waals surface area (Å²) in [5, 5.41) is 13.7. The second-order valence-corrected chi connectivity index (χ2v) is 5.98. The largest absolute Gasteiger partial charge is 0.394 e. The zero-order valence-corrected chi connectivity index (χ0v) is 10.1. The third kappa shape index (κ3) is 1.79. The molecule has 0 aromatic rings. The molecule has 0 amide bonds. The van der Waals surface area contributed by atoms with Crippen molar-refractivity contribution in [3.63, 3.8) is 0 Å². The van der Waals surface area contributed by atoms with Crippen LogP contribution in [0.25, 0.3) is 0 Å². The zero-order valence-electron chi connectivity index (χ0n) is 10.1. The van der Waals surface area contributed by atoms with Gasteiger partial charge in [0.2, 0.25) is 0 Å². The Kier molecular flexibility index (Phi) is 2.94. The molecular formula is C13H24N2O. The number of nitrogens with one attached hydrogen (secondary N) is 1. The van der Waals surface area contributed by atoms with Crippen LogP contribution in [0.5, 0.6) is 0 Å². The lowest BCUT2D eigenvalue weighted by molar-refractivity contribution is 0.0556. The molecule has 0 aromatic heterocycles. The van der Waals surface area contributed by atoms with E-state index >= 15 is 0 Å². The van der Waals surface area contributed by atoms with Gasteiger partial charge in [0.1, 0.15) is 0 Å². The Morgan fingerprint density at radius 3 is 2.75 bits per heavy atom. The average Bonchev–Trinajstić information content (AvgIpc) is 2.93. The molecule has 2 heterocycles. The van der Waals surface area contributed by atoms with Gasteiger partial charge >= 0.3 is 0 Å². The van der Waals surface area contributed by atoms with E-state index in [2.05, 4.69) is 10.2 Å². The molecule has 1 saturated carbocycles. The lowest BCUT2D eigenvalue weighted by Gasteiger charge is -2.44. The number of hydrogen-bond donors (Lipinski definition) is 2. The fourth-order valence-corrected chi connectivity index (χ4v) is 3.97. The van der Waals surface area contributed by atoms with E-state index in [0.717, 1.165) is 6.42 Å². The van der Waals surface area contributed by atoms with Gasteiger partial charge in [-0.2, -0.15) is 0 Å². The predicted molar refractivity (Wildman–Crippen MR) is 64.4 cm³/mol. The van der Waals surface area contributed by atoms with Crippen molar-refractivity contribution in [3.8, 4) is 0 Å². The number of hydrogen-bond acceptors (Lipinski definition) is 3. The lowest BCUT2D eigenvalue weighted by atomic mass is 9.78. The standard InChI is InChI=1S/C13H24N2O/c16-10-13(14-12-3-1-2-4-12)6-8-15-7-5-11(13)9-15/h11-12,14,16H,1-10H2. The summed E-state index contributed by atoms with van der Waals surface area (Å²) >= 11 is 0. The van der Waals surface area contributed by atoms with Crippen molar-refractivity contribution >= 4 is 0 Å². The molecule has 3 nitrogen and oxygen atoms in total. The van der Waals surface area contributed by atoms with Gasteiger partial charge in [0.15, 0.2) is 0 Å². The summed E-state index contributed by atoms with van der Waals surface area (Å²) in [6.07, 6.45) is 7.80. The van der Waals surface area contributed by atoms with E-state index in [1.165, 1.54) is 51.7 Å². The van der Waals surface area contributed by atoms with Crippen LogP contribution in [0.1, 0.15) is 38.5 Å². The van der Waals surface area contributed by atoms with Crippen molar-refractivity contribution in [2.24, 2.45) is 5.92 Å². The molecule has 2 N–H and O–H groups in total. The second kappa shape index (κ2) is 4.28. The fourth-order valence-electron chi connectivity index (χ4n) is 3.97. The van der Waals surface area contributed by atoms with Gasteiger partial charge < -0.3 is 15.3 Å². The van der Waals surface area contributed by atoms with Crippen LogP contribution in [0, 0.1) is 5.92 Å². The molecular weight excluding hydrogens is 200 g/mol. The van der Waals surface area contributed by atoms with E-state index in [9.17, 15) is 5.11 Å². The average molecular weight is 224 g/mol. The Labute approximate surface area is 98.2 Å². The third-order valence-electron chi connectivity index (χ3n) is 5.06. The van der Waals surface area contributed by atoms with Gasteiger partial charge in [-0.15, -0.1) is 0 Å². The lowest BCUT2D eigenvalue weighted by Crippen LogP contribution is -2.61. The van der Waals surface area contributed by atoms with Gasteiger partial charge in [-0.25, -0.2) is 0 Å². The fraction of sp³-hybridized carbons (Fsp3) is 1.00. The molecule has 3 aliphatic rings. The number of nitrogens with zero attached hydrogens (tertiary/aromatic N) is 1. The van der Waals surface area contributed by atoms with E-state index in [4.69, 9.17) is 0 Å². The van der Waals surface area contributed by atoms with Gasteiger partial charge in [-0.05, 0) is 44.7 Å². The smallest absolute Gasteiger partial charge is 0.0617 e. The van der Waals surface area contributed by atoms with Crippen LogP contribution in [0.2, 0.25) is 0 Å². The van der Waals surface area contributed by atoms with Crippen LogP contribution in [-0.4, -0.2) is 47.8 Å². The van der Waals surface area contributed by atoms with Crippen molar-refractivity contribution in [1.29, 1.82) is 0 Å². The first-order chi connectivity index (χ1) is 7.82. The molecule has 3 atom stereocenters. The van der Waals surface area contributed by atoms with Crippen molar-refractivity contribution in [2.75, 3.05) is 26.2 Å². The van der Waals surface area contributed by atoms with E-state index in [1.54, 1.807) is 0 Å². The minimum absolute atomic E-state index is 0.0575. The van der Waals surface area contributed by atoms with Crippen molar-refractivity contribution < 1.29 is 5.11 Å².